The predicted octanol–water partition coefficient (Wildman–Crippen LogP) is 4.53. The van der Waals surface area contributed by atoms with Crippen molar-refractivity contribution in [3.8, 4) is 11.5 Å². The van der Waals surface area contributed by atoms with Crippen LogP contribution in [0.3, 0.4) is 0 Å². The summed E-state index contributed by atoms with van der Waals surface area (Å²) in [6.07, 6.45) is 2.17. The number of para-hydroxylation sites is 1. The lowest BCUT2D eigenvalue weighted by atomic mass is 10.0. The third-order valence-electron chi connectivity index (χ3n) is 4.73. The summed E-state index contributed by atoms with van der Waals surface area (Å²) in [5.74, 6) is 1.29. The van der Waals surface area contributed by atoms with Crippen molar-refractivity contribution in [1.29, 1.82) is 0 Å². The number of anilines is 1. The van der Waals surface area contributed by atoms with Crippen LogP contribution >= 0.6 is 11.6 Å². The fraction of sp³-hybridized carbons (Fsp3) is 0.409. The zero-order chi connectivity index (χ0) is 19.9. The minimum absolute atomic E-state index is 0.00930. The van der Waals surface area contributed by atoms with Crippen molar-refractivity contribution in [2.75, 3.05) is 25.0 Å². The van der Waals surface area contributed by atoms with E-state index in [4.69, 9.17) is 16.3 Å². The van der Waals surface area contributed by atoms with Gasteiger partial charge in [-0.05, 0) is 49.2 Å². The number of carbonyl (C=O) groups is 1. The number of rotatable bonds is 7. The first kappa shape index (κ1) is 20.6. The molecule has 0 aromatic heterocycles. The fourth-order valence-corrected chi connectivity index (χ4v) is 3.57. The Labute approximate surface area is 172 Å². The van der Waals surface area contributed by atoms with E-state index in [1.807, 2.05) is 42.5 Å². The van der Waals surface area contributed by atoms with Crippen LogP contribution in [0.15, 0.2) is 48.5 Å². The van der Waals surface area contributed by atoms with Crippen molar-refractivity contribution in [3.05, 3.63) is 53.6 Å². The molecule has 28 heavy (non-hydrogen) atoms. The number of nitrogens with zero attached hydrogens (tertiary/aromatic N) is 1. The maximum absolute atomic E-state index is 12.3. The van der Waals surface area contributed by atoms with E-state index in [-0.39, 0.29) is 5.91 Å². The molecule has 1 saturated heterocycles. The molecule has 2 N–H and O–H groups in total. The second-order valence-corrected chi connectivity index (χ2v) is 7.88. The summed E-state index contributed by atoms with van der Waals surface area (Å²) in [6, 6.07) is 15.7. The van der Waals surface area contributed by atoms with Gasteiger partial charge in [0.2, 0.25) is 5.91 Å². The molecule has 0 radical (unpaired) electrons. The quantitative estimate of drug-likeness (QED) is 0.715. The van der Waals surface area contributed by atoms with E-state index in [2.05, 4.69) is 29.4 Å². The third kappa shape index (κ3) is 6.23. The largest absolute Gasteiger partial charge is 0.456 e. The molecular weight excluding hydrogens is 374 g/mol. The number of nitrogens with one attached hydrogen (secondary N) is 2. The SMILES string of the molecule is CC(C)NC1CCN(CC(=O)Nc2ccc(Oc3ccccc3Cl)cc2)CC1. The first-order chi connectivity index (χ1) is 13.5. The van der Waals surface area contributed by atoms with Gasteiger partial charge in [0, 0.05) is 30.9 Å². The molecular formula is C22H28ClN3O2. The summed E-state index contributed by atoms with van der Waals surface area (Å²) in [6.45, 7) is 6.66. The number of likely N-dealkylation sites (tertiary alicyclic amines) is 1. The van der Waals surface area contributed by atoms with Crippen LogP contribution in [0.1, 0.15) is 26.7 Å². The van der Waals surface area contributed by atoms with Crippen LogP contribution in [-0.2, 0) is 4.79 Å². The Morgan fingerprint density at radius 3 is 2.46 bits per heavy atom. The summed E-state index contributed by atoms with van der Waals surface area (Å²) in [5, 5.41) is 7.09. The van der Waals surface area contributed by atoms with Gasteiger partial charge in [0.05, 0.1) is 11.6 Å². The van der Waals surface area contributed by atoms with Crippen molar-refractivity contribution in [1.82, 2.24) is 10.2 Å². The maximum Gasteiger partial charge on any atom is 0.238 e. The van der Waals surface area contributed by atoms with Gasteiger partial charge in [0.1, 0.15) is 11.5 Å². The van der Waals surface area contributed by atoms with Crippen LogP contribution in [0.2, 0.25) is 5.02 Å². The van der Waals surface area contributed by atoms with Crippen LogP contribution < -0.4 is 15.4 Å². The van der Waals surface area contributed by atoms with E-state index < -0.39 is 0 Å². The van der Waals surface area contributed by atoms with Crippen molar-refractivity contribution in [3.63, 3.8) is 0 Å². The van der Waals surface area contributed by atoms with E-state index in [1.54, 1.807) is 6.07 Å². The Balaban J connectivity index is 1.45. The zero-order valence-corrected chi connectivity index (χ0v) is 17.2. The Bertz CT molecular complexity index is 772. The zero-order valence-electron chi connectivity index (χ0n) is 16.5. The van der Waals surface area contributed by atoms with Crippen LogP contribution in [0.25, 0.3) is 0 Å². The molecule has 2 aromatic carbocycles. The van der Waals surface area contributed by atoms with Crippen molar-refractivity contribution in [2.45, 2.75) is 38.8 Å². The number of benzene rings is 2. The topological polar surface area (TPSA) is 53.6 Å². The predicted molar refractivity (Wildman–Crippen MR) is 114 cm³/mol. The van der Waals surface area contributed by atoms with Gasteiger partial charge in [-0.25, -0.2) is 0 Å². The summed E-state index contributed by atoms with van der Waals surface area (Å²) in [7, 11) is 0. The molecule has 2 aromatic rings. The van der Waals surface area contributed by atoms with Gasteiger partial charge in [0.25, 0.3) is 0 Å². The molecule has 1 amide bonds. The molecule has 0 aliphatic carbocycles. The Kier molecular flexibility index (Phi) is 7.31. The van der Waals surface area contributed by atoms with Gasteiger partial charge in [-0.2, -0.15) is 0 Å². The molecule has 5 nitrogen and oxygen atoms in total. The molecule has 0 atom stereocenters. The van der Waals surface area contributed by atoms with E-state index in [1.165, 1.54) is 0 Å². The summed E-state index contributed by atoms with van der Waals surface area (Å²) >= 11 is 6.11. The number of piperidine rings is 1. The lowest BCUT2D eigenvalue weighted by Crippen LogP contribution is -2.46. The van der Waals surface area contributed by atoms with Crippen molar-refractivity contribution < 1.29 is 9.53 Å². The number of carbonyl (C=O) groups excluding carboxylic acids is 1. The lowest BCUT2D eigenvalue weighted by molar-refractivity contribution is -0.117. The molecule has 150 valence electrons. The highest BCUT2D eigenvalue weighted by atomic mass is 35.5. The van der Waals surface area contributed by atoms with Gasteiger partial charge in [-0.3, -0.25) is 9.69 Å². The number of halogens is 1. The number of ether oxygens (including phenoxy) is 1. The summed E-state index contributed by atoms with van der Waals surface area (Å²) in [4.78, 5) is 14.6. The average Bonchev–Trinajstić information content (AvgIpc) is 2.66. The van der Waals surface area contributed by atoms with Crippen molar-refractivity contribution >= 4 is 23.2 Å². The normalized spacial score (nSPS) is 15.6. The number of hydrogen-bond donors (Lipinski definition) is 2. The fourth-order valence-electron chi connectivity index (χ4n) is 3.39. The minimum atomic E-state index is 0.00930. The molecule has 1 aliphatic heterocycles. The van der Waals surface area contributed by atoms with E-state index in [0.717, 1.165) is 31.6 Å². The maximum atomic E-state index is 12.3. The standard InChI is InChI=1S/C22H28ClN3O2/c1-16(2)24-18-11-13-26(14-12-18)15-22(27)25-17-7-9-19(10-8-17)28-21-6-4-3-5-20(21)23/h3-10,16,18,24H,11-15H2,1-2H3,(H,25,27). The van der Waals surface area contributed by atoms with Crippen LogP contribution in [0.4, 0.5) is 5.69 Å². The Hall–Kier alpha value is -2.08. The van der Waals surface area contributed by atoms with Crippen LogP contribution in [0.5, 0.6) is 11.5 Å². The van der Waals surface area contributed by atoms with Crippen molar-refractivity contribution in [2.24, 2.45) is 0 Å². The highest BCUT2D eigenvalue weighted by Gasteiger charge is 2.21. The van der Waals surface area contributed by atoms with Gasteiger partial charge in [-0.15, -0.1) is 0 Å². The first-order valence-electron chi connectivity index (χ1n) is 9.80. The van der Waals surface area contributed by atoms with Gasteiger partial charge >= 0.3 is 0 Å². The van der Waals surface area contributed by atoms with Gasteiger partial charge < -0.3 is 15.4 Å². The number of amides is 1. The summed E-state index contributed by atoms with van der Waals surface area (Å²) < 4.78 is 5.77. The summed E-state index contributed by atoms with van der Waals surface area (Å²) in [5.41, 5.74) is 0.757. The molecule has 1 heterocycles. The molecule has 0 bridgehead atoms. The Morgan fingerprint density at radius 1 is 1.14 bits per heavy atom. The number of hydrogen-bond acceptors (Lipinski definition) is 4. The van der Waals surface area contributed by atoms with Gasteiger partial charge in [-0.1, -0.05) is 37.6 Å². The van der Waals surface area contributed by atoms with Crippen LogP contribution in [-0.4, -0.2) is 42.5 Å². The minimum Gasteiger partial charge on any atom is -0.456 e. The molecule has 6 heteroatoms. The van der Waals surface area contributed by atoms with Crippen LogP contribution in [0, 0.1) is 0 Å². The highest BCUT2D eigenvalue weighted by Crippen LogP contribution is 2.29. The molecule has 0 spiro atoms. The molecule has 1 fully saturated rings. The second kappa shape index (κ2) is 9.92. The Morgan fingerprint density at radius 2 is 1.82 bits per heavy atom. The molecule has 1 aliphatic rings. The third-order valence-corrected chi connectivity index (χ3v) is 5.04. The van der Waals surface area contributed by atoms with Gasteiger partial charge in [0.15, 0.2) is 0 Å². The monoisotopic (exact) mass is 401 g/mol. The molecule has 0 saturated carbocycles. The second-order valence-electron chi connectivity index (χ2n) is 7.48. The van der Waals surface area contributed by atoms with E-state index in [0.29, 0.717) is 35.2 Å². The molecule has 0 unspecified atom stereocenters. The average molecular weight is 402 g/mol. The highest BCUT2D eigenvalue weighted by molar-refractivity contribution is 6.32. The van der Waals surface area contributed by atoms with E-state index >= 15 is 0 Å². The lowest BCUT2D eigenvalue weighted by Gasteiger charge is -2.32. The smallest absolute Gasteiger partial charge is 0.238 e. The first-order valence-corrected chi connectivity index (χ1v) is 10.2. The van der Waals surface area contributed by atoms with E-state index in [9.17, 15) is 4.79 Å². The molecule has 3 rings (SSSR count).